The Balaban J connectivity index is 2.30. The molecule has 7 nitrogen and oxygen atoms in total. The molecule has 0 aromatic heterocycles. The Bertz CT molecular complexity index is 842. The number of rotatable bonds is 10. The second kappa shape index (κ2) is 11.5. The number of aryl methyl sites for hydroxylation is 2. The van der Waals surface area contributed by atoms with Gasteiger partial charge in [0.15, 0.2) is 0 Å². The van der Waals surface area contributed by atoms with E-state index in [1.807, 2.05) is 32.0 Å². The first-order chi connectivity index (χ1) is 15.4. The standard InChI is InChI=1S/C26H41N3O4/c1-8-9-10-15-27-23(30)22(20-12-11-17(2)18(3)16-20)29(21-13-14-21)24(31)19(4)28-25(32)33-26(5,6)7/h11-12,16,19,21-22H,8-10,13-15H2,1-7H3,(H,27,30)(H,28,32). The fourth-order valence-corrected chi connectivity index (χ4v) is 3.70. The van der Waals surface area contributed by atoms with Crippen molar-refractivity contribution >= 4 is 17.9 Å². The van der Waals surface area contributed by atoms with Crippen molar-refractivity contribution in [3.05, 3.63) is 34.9 Å². The molecule has 1 aromatic carbocycles. The average Bonchev–Trinajstić information content (AvgIpc) is 3.54. The molecule has 0 saturated heterocycles. The van der Waals surface area contributed by atoms with Gasteiger partial charge in [-0.2, -0.15) is 0 Å². The number of ether oxygens (including phenoxy) is 1. The first kappa shape index (κ1) is 26.7. The summed E-state index contributed by atoms with van der Waals surface area (Å²) in [5.41, 5.74) is 2.32. The van der Waals surface area contributed by atoms with Crippen molar-refractivity contribution in [3.8, 4) is 0 Å². The van der Waals surface area contributed by atoms with Crippen molar-refractivity contribution in [2.45, 2.75) is 104 Å². The zero-order valence-corrected chi connectivity index (χ0v) is 21.3. The van der Waals surface area contributed by atoms with Crippen LogP contribution in [0.4, 0.5) is 4.79 Å². The Hall–Kier alpha value is -2.57. The smallest absolute Gasteiger partial charge is 0.408 e. The van der Waals surface area contributed by atoms with Crippen molar-refractivity contribution in [3.63, 3.8) is 0 Å². The van der Waals surface area contributed by atoms with Crippen LogP contribution in [-0.4, -0.2) is 47.0 Å². The molecule has 0 heterocycles. The predicted octanol–water partition coefficient (Wildman–Crippen LogP) is 4.56. The summed E-state index contributed by atoms with van der Waals surface area (Å²) in [5, 5.41) is 5.67. The molecular weight excluding hydrogens is 418 g/mol. The summed E-state index contributed by atoms with van der Waals surface area (Å²) in [7, 11) is 0. The maximum absolute atomic E-state index is 13.5. The van der Waals surface area contributed by atoms with Gasteiger partial charge in [0.2, 0.25) is 11.8 Å². The molecule has 0 bridgehead atoms. The quantitative estimate of drug-likeness (QED) is 0.502. The van der Waals surface area contributed by atoms with Gasteiger partial charge >= 0.3 is 6.09 Å². The topological polar surface area (TPSA) is 87.7 Å². The van der Waals surface area contributed by atoms with E-state index in [1.165, 1.54) is 0 Å². The second-order valence-electron chi connectivity index (χ2n) is 10.1. The summed E-state index contributed by atoms with van der Waals surface area (Å²) in [4.78, 5) is 40.9. The minimum Gasteiger partial charge on any atom is -0.444 e. The SMILES string of the molecule is CCCCCNC(=O)C(c1ccc(C)c(C)c1)N(C(=O)C(C)NC(=O)OC(C)(C)C)C1CC1. The van der Waals surface area contributed by atoms with Crippen LogP contribution >= 0.6 is 0 Å². The van der Waals surface area contributed by atoms with Crippen LogP contribution in [0, 0.1) is 13.8 Å². The average molecular weight is 460 g/mol. The summed E-state index contributed by atoms with van der Waals surface area (Å²) < 4.78 is 5.31. The lowest BCUT2D eigenvalue weighted by molar-refractivity contribution is -0.142. The number of amides is 3. The number of hydrogen-bond acceptors (Lipinski definition) is 4. The van der Waals surface area contributed by atoms with Crippen LogP contribution in [0.3, 0.4) is 0 Å². The van der Waals surface area contributed by atoms with Crippen molar-refractivity contribution in [2.24, 2.45) is 0 Å². The molecule has 2 N–H and O–H groups in total. The highest BCUT2D eigenvalue weighted by Crippen LogP contribution is 2.36. The van der Waals surface area contributed by atoms with Crippen molar-refractivity contribution < 1.29 is 19.1 Å². The minimum atomic E-state index is -0.817. The van der Waals surface area contributed by atoms with Gasteiger partial charge in [0.05, 0.1) is 0 Å². The normalized spacial score (nSPS) is 15.4. The van der Waals surface area contributed by atoms with Crippen LogP contribution < -0.4 is 10.6 Å². The number of hydrogen-bond donors (Lipinski definition) is 2. The van der Waals surface area contributed by atoms with Gasteiger partial charge in [-0.05, 0) is 77.5 Å². The van der Waals surface area contributed by atoms with E-state index in [0.717, 1.165) is 48.8 Å². The van der Waals surface area contributed by atoms with Crippen LogP contribution in [0.15, 0.2) is 18.2 Å². The molecule has 2 atom stereocenters. The Labute approximate surface area is 198 Å². The van der Waals surface area contributed by atoms with Crippen LogP contribution in [0.5, 0.6) is 0 Å². The number of alkyl carbamates (subject to hydrolysis) is 1. The van der Waals surface area contributed by atoms with Crippen molar-refractivity contribution in [1.82, 2.24) is 15.5 Å². The molecule has 1 aliphatic carbocycles. The first-order valence-corrected chi connectivity index (χ1v) is 12.1. The fourth-order valence-electron chi connectivity index (χ4n) is 3.70. The van der Waals surface area contributed by atoms with Crippen LogP contribution in [-0.2, 0) is 14.3 Å². The maximum atomic E-state index is 13.5. The highest BCUT2D eigenvalue weighted by Gasteiger charge is 2.43. The predicted molar refractivity (Wildman–Crippen MR) is 130 cm³/mol. The molecule has 33 heavy (non-hydrogen) atoms. The molecule has 2 unspecified atom stereocenters. The van der Waals surface area contributed by atoms with E-state index in [2.05, 4.69) is 17.6 Å². The molecule has 2 rings (SSSR count). The van der Waals surface area contributed by atoms with Gasteiger partial charge < -0.3 is 20.3 Å². The van der Waals surface area contributed by atoms with E-state index in [9.17, 15) is 14.4 Å². The first-order valence-electron chi connectivity index (χ1n) is 12.1. The molecule has 1 aliphatic rings. The van der Waals surface area contributed by atoms with Gasteiger partial charge in [-0.25, -0.2) is 4.79 Å². The molecule has 1 saturated carbocycles. The van der Waals surface area contributed by atoms with Gasteiger partial charge in [0.1, 0.15) is 17.7 Å². The summed E-state index contributed by atoms with van der Waals surface area (Å²) in [6, 6.07) is 4.32. The zero-order valence-electron chi connectivity index (χ0n) is 21.3. The van der Waals surface area contributed by atoms with E-state index < -0.39 is 23.8 Å². The van der Waals surface area contributed by atoms with Crippen molar-refractivity contribution in [2.75, 3.05) is 6.54 Å². The van der Waals surface area contributed by atoms with Gasteiger partial charge in [0, 0.05) is 12.6 Å². The van der Waals surface area contributed by atoms with Crippen LogP contribution in [0.25, 0.3) is 0 Å². The summed E-state index contributed by atoms with van der Waals surface area (Å²) >= 11 is 0. The summed E-state index contributed by atoms with van der Waals surface area (Å²) in [6.45, 7) is 13.7. The van der Waals surface area contributed by atoms with E-state index >= 15 is 0 Å². The lowest BCUT2D eigenvalue weighted by atomic mass is 9.98. The number of carbonyl (C=O) groups excluding carboxylic acids is 3. The number of nitrogens with one attached hydrogen (secondary N) is 2. The number of benzene rings is 1. The van der Waals surface area contributed by atoms with Crippen LogP contribution in [0.2, 0.25) is 0 Å². The van der Waals surface area contributed by atoms with Gasteiger partial charge in [-0.1, -0.05) is 38.0 Å². The zero-order chi connectivity index (χ0) is 24.8. The Kier molecular flexibility index (Phi) is 9.32. The molecule has 1 fully saturated rings. The van der Waals surface area contributed by atoms with Crippen molar-refractivity contribution in [1.29, 1.82) is 0 Å². The van der Waals surface area contributed by atoms with Gasteiger partial charge in [-0.3, -0.25) is 9.59 Å². The van der Waals surface area contributed by atoms with Gasteiger partial charge in [0.25, 0.3) is 0 Å². The van der Waals surface area contributed by atoms with Gasteiger partial charge in [-0.15, -0.1) is 0 Å². The minimum absolute atomic E-state index is 0.0200. The monoisotopic (exact) mass is 459 g/mol. The summed E-state index contributed by atoms with van der Waals surface area (Å²) in [6.07, 6.45) is 4.04. The fraction of sp³-hybridized carbons (Fsp3) is 0.654. The lowest BCUT2D eigenvalue weighted by Gasteiger charge is -2.34. The Morgan fingerprint density at radius 1 is 1.12 bits per heavy atom. The van der Waals surface area contributed by atoms with E-state index in [4.69, 9.17) is 4.74 Å². The molecule has 0 aliphatic heterocycles. The highest BCUT2D eigenvalue weighted by molar-refractivity contribution is 5.92. The largest absolute Gasteiger partial charge is 0.444 e. The number of unbranched alkanes of at least 4 members (excludes halogenated alkanes) is 2. The van der Waals surface area contributed by atoms with E-state index in [0.29, 0.717) is 6.54 Å². The third kappa shape index (κ3) is 8.06. The molecule has 7 heteroatoms. The highest BCUT2D eigenvalue weighted by atomic mass is 16.6. The molecule has 3 amide bonds. The molecular formula is C26H41N3O4. The second-order valence-corrected chi connectivity index (χ2v) is 10.1. The van der Waals surface area contributed by atoms with E-state index in [1.54, 1.807) is 32.6 Å². The number of carbonyl (C=O) groups is 3. The molecule has 184 valence electrons. The molecule has 0 radical (unpaired) electrons. The Morgan fingerprint density at radius 2 is 1.79 bits per heavy atom. The number of nitrogens with zero attached hydrogens (tertiary/aromatic N) is 1. The molecule has 0 spiro atoms. The molecule has 1 aromatic rings. The third-order valence-electron chi connectivity index (χ3n) is 5.75. The third-order valence-corrected chi connectivity index (χ3v) is 5.75. The van der Waals surface area contributed by atoms with Crippen LogP contribution in [0.1, 0.15) is 89.5 Å². The lowest BCUT2D eigenvalue weighted by Crippen LogP contribution is -2.52. The summed E-state index contributed by atoms with van der Waals surface area (Å²) in [5.74, 6) is -0.464. The Morgan fingerprint density at radius 3 is 2.33 bits per heavy atom. The maximum Gasteiger partial charge on any atom is 0.408 e. The van der Waals surface area contributed by atoms with E-state index in [-0.39, 0.29) is 17.9 Å².